The average molecular weight is 354 g/mol. The summed E-state index contributed by atoms with van der Waals surface area (Å²) < 4.78 is 0. The third-order valence-corrected chi connectivity index (χ3v) is 4.63. The van der Waals surface area contributed by atoms with Crippen LogP contribution in [0.25, 0.3) is 0 Å². The van der Waals surface area contributed by atoms with E-state index < -0.39 is 0 Å². The van der Waals surface area contributed by atoms with Crippen molar-refractivity contribution in [2.24, 2.45) is 0 Å². The fourth-order valence-electron chi connectivity index (χ4n) is 3.00. The molecule has 0 aliphatic carbocycles. The van der Waals surface area contributed by atoms with Crippen LogP contribution < -0.4 is 5.32 Å². The summed E-state index contributed by atoms with van der Waals surface area (Å²) in [6.45, 7) is 14.5. The van der Waals surface area contributed by atoms with Gasteiger partial charge in [0.2, 0.25) is 0 Å². The van der Waals surface area contributed by atoms with Crippen molar-refractivity contribution in [1.82, 2.24) is 5.32 Å². The number of phenols is 1. The van der Waals surface area contributed by atoms with E-state index in [1.165, 1.54) is 0 Å². The van der Waals surface area contributed by atoms with E-state index in [4.69, 9.17) is 0 Å². The Morgan fingerprint density at radius 1 is 0.923 bits per heavy atom. The van der Waals surface area contributed by atoms with Gasteiger partial charge in [0.1, 0.15) is 5.75 Å². The van der Waals surface area contributed by atoms with E-state index in [9.17, 15) is 9.90 Å². The minimum atomic E-state index is -0.191. The van der Waals surface area contributed by atoms with Gasteiger partial charge in [-0.05, 0) is 58.7 Å². The summed E-state index contributed by atoms with van der Waals surface area (Å²) in [4.78, 5) is 12.5. The summed E-state index contributed by atoms with van der Waals surface area (Å²) in [6, 6.07) is 13.1. The van der Waals surface area contributed by atoms with Crippen LogP contribution in [0.3, 0.4) is 0 Å². The van der Waals surface area contributed by atoms with Crippen LogP contribution in [0.15, 0.2) is 42.5 Å². The SMILES string of the molecule is CC(NC(=O)c1ccccc1)c1cc(C(C)(C)C)c(O)c(C(C)(C)C)c1. The quantitative estimate of drug-likeness (QED) is 0.768. The van der Waals surface area contributed by atoms with Gasteiger partial charge in [0.15, 0.2) is 0 Å². The zero-order valence-corrected chi connectivity index (χ0v) is 17.0. The summed E-state index contributed by atoms with van der Waals surface area (Å²) in [5, 5.41) is 13.9. The van der Waals surface area contributed by atoms with Crippen LogP contribution in [-0.4, -0.2) is 11.0 Å². The van der Waals surface area contributed by atoms with Gasteiger partial charge in [-0.3, -0.25) is 4.79 Å². The van der Waals surface area contributed by atoms with Gasteiger partial charge in [0.05, 0.1) is 6.04 Å². The number of phenolic OH excluding ortho intramolecular Hbond substituents is 1. The molecule has 3 nitrogen and oxygen atoms in total. The highest BCUT2D eigenvalue weighted by Gasteiger charge is 2.27. The molecule has 1 unspecified atom stereocenters. The third kappa shape index (κ3) is 4.46. The summed E-state index contributed by atoms with van der Waals surface area (Å²) in [5.41, 5.74) is 3.07. The minimum Gasteiger partial charge on any atom is -0.507 e. The van der Waals surface area contributed by atoms with Crippen molar-refractivity contribution in [3.63, 3.8) is 0 Å². The highest BCUT2D eigenvalue weighted by atomic mass is 16.3. The Morgan fingerprint density at radius 3 is 1.81 bits per heavy atom. The first-order chi connectivity index (χ1) is 11.9. The number of aromatic hydroxyl groups is 1. The van der Waals surface area contributed by atoms with Crippen molar-refractivity contribution in [3.05, 3.63) is 64.7 Å². The number of rotatable bonds is 3. The number of hydrogen-bond donors (Lipinski definition) is 2. The molecule has 26 heavy (non-hydrogen) atoms. The van der Waals surface area contributed by atoms with Crippen molar-refractivity contribution in [2.75, 3.05) is 0 Å². The lowest BCUT2D eigenvalue weighted by molar-refractivity contribution is 0.0940. The lowest BCUT2D eigenvalue weighted by Gasteiger charge is -2.29. The molecule has 2 aromatic rings. The maximum absolute atomic E-state index is 12.5. The molecule has 0 aliphatic heterocycles. The van der Waals surface area contributed by atoms with Crippen LogP contribution in [0.2, 0.25) is 0 Å². The van der Waals surface area contributed by atoms with Crippen molar-refractivity contribution in [1.29, 1.82) is 0 Å². The molecule has 0 bridgehead atoms. The Labute approximate surface area is 157 Å². The molecule has 2 rings (SSSR count). The fraction of sp³-hybridized carbons (Fsp3) is 0.435. The van der Waals surface area contributed by atoms with E-state index in [-0.39, 0.29) is 22.8 Å². The van der Waals surface area contributed by atoms with E-state index in [1.54, 1.807) is 12.1 Å². The van der Waals surface area contributed by atoms with Gasteiger partial charge in [-0.2, -0.15) is 0 Å². The summed E-state index contributed by atoms with van der Waals surface area (Å²) in [6.07, 6.45) is 0. The maximum Gasteiger partial charge on any atom is 0.251 e. The molecule has 0 fully saturated rings. The van der Waals surface area contributed by atoms with Crippen LogP contribution in [0, 0.1) is 0 Å². The monoisotopic (exact) mass is 353 g/mol. The second-order valence-corrected chi connectivity index (χ2v) is 9.03. The number of amides is 1. The molecule has 140 valence electrons. The first kappa shape index (κ1) is 20.0. The van der Waals surface area contributed by atoms with Gasteiger partial charge in [0, 0.05) is 5.56 Å². The topological polar surface area (TPSA) is 49.3 Å². The molecule has 0 aliphatic rings. The smallest absolute Gasteiger partial charge is 0.251 e. The number of carbonyl (C=O) groups excluding carboxylic acids is 1. The molecule has 0 heterocycles. The van der Waals surface area contributed by atoms with E-state index in [0.717, 1.165) is 16.7 Å². The zero-order chi connectivity index (χ0) is 19.7. The van der Waals surface area contributed by atoms with Crippen molar-refractivity contribution in [3.8, 4) is 5.75 Å². The highest BCUT2D eigenvalue weighted by molar-refractivity contribution is 5.94. The lowest BCUT2D eigenvalue weighted by Crippen LogP contribution is -2.27. The molecular formula is C23H31NO2. The summed E-state index contributed by atoms with van der Waals surface area (Å²) >= 11 is 0. The average Bonchev–Trinajstić information content (AvgIpc) is 2.53. The molecule has 0 radical (unpaired) electrons. The number of benzene rings is 2. The molecule has 2 aromatic carbocycles. The Bertz CT molecular complexity index is 745. The Balaban J connectivity index is 2.43. The molecule has 3 heteroatoms. The first-order valence-corrected chi connectivity index (χ1v) is 9.15. The Hall–Kier alpha value is -2.29. The molecular weight excluding hydrogens is 322 g/mol. The van der Waals surface area contributed by atoms with E-state index >= 15 is 0 Å². The molecule has 0 saturated heterocycles. The van der Waals surface area contributed by atoms with Crippen molar-refractivity contribution in [2.45, 2.75) is 65.3 Å². The van der Waals surface area contributed by atoms with Crippen LogP contribution in [-0.2, 0) is 10.8 Å². The molecule has 0 aromatic heterocycles. The van der Waals surface area contributed by atoms with Gasteiger partial charge < -0.3 is 10.4 Å². The molecule has 0 saturated carbocycles. The van der Waals surface area contributed by atoms with Crippen LogP contribution in [0.1, 0.15) is 81.6 Å². The minimum absolute atomic E-state index is 0.0965. The lowest BCUT2D eigenvalue weighted by atomic mass is 9.78. The van der Waals surface area contributed by atoms with Crippen molar-refractivity contribution < 1.29 is 9.90 Å². The van der Waals surface area contributed by atoms with Gasteiger partial charge in [0.25, 0.3) is 5.91 Å². The molecule has 2 N–H and O–H groups in total. The van der Waals surface area contributed by atoms with Crippen molar-refractivity contribution >= 4 is 5.91 Å². The van der Waals surface area contributed by atoms with Crippen LogP contribution >= 0.6 is 0 Å². The first-order valence-electron chi connectivity index (χ1n) is 9.15. The van der Waals surface area contributed by atoms with E-state index in [2.05, 4.69) is 46.9 Å². The normalized spacial score (nSPS) is 13.3. The molecule has 1 amide bonds. The van der Waals surface area contributed by atoms with Crippen LogP contribution in [0.5, 0.6) is 5.75 Å². The Kier molecular flexibility index (Phi) is 5.50. The highest BCUT2D eigenvalue weighted by Crippen LogP contribution is 2.40. The maximum atomic E-state index is 12.5. The van der Waals surface area contributed by atoms with Gasteiger partial charge >= 0.3 is 0 Å². The molecule has 1 atom stereocenters. The largest absolute Gasteiger partial charge is 0.507 e. The summed E-state index contributed by atoms with van der Waals surface area (Å²) in [5.74, 6) is 0.260. The number of hydrogen-bond acceptors (Lipinski definition) is 2. The standard InChI is InChI=1S/C23H31NO2/c1-15(24-21(26)16-11-9-8-10-12-16)17-13-18(22(2,3)4)20(25)19(14-17)23(5,6)7/h8-15,25H,1-7H3,(H,24,26). The van der Waals surface area contributed by atoms with E-state index in [0.29, 0.717) is 11.3 Å². The second kappa shape index (κ2) is 7.14. The predicted octanol–water partition coefficient (Wildman–Crippen LogP) is 5.48. The zero-order valence-electron chi connectivity index (χ0n) is 17.0. The fourth-order valence-corrected chi connectivity index (χ4v) is 3.00. The predicted molar refractivity (Wildman–Crippen MR) is 108 cm³/mol. The number of carbonyl (C=O) groups is 1. The Morgan fingerprint density at radius 2 is 1.38 bits per heavy atom. The van der Waals surface area contributed by atoms with Crippen LogP contribution in [0.4, 0.5) is 0 Å². The van der Waals surface area contributed by atoms with E-state index in [1.807, 2.05) is 37.3 Å². The second-order valence-electron chi connectivity index (χ2n) is 9.03. The van der Waals surface area contributed by atoms with Gasteiger partial charge in [-0.1, -0.05) is 59.7 Å². The van der Waals surface area contributed by atoms with Gasteiger partial charge in [-0.25, -0.2) is 0 Å². The van der Waals surface area contributed by atoms with Gasteiger partial charge in [-0.15, -0.1) is 0 Å². The number of nitrogens with one attached hydrogen (secondary N) is 1. The summed E-state index contributed by atoms with van der Waals surface area (Å²) in [7, 11) is 0. The third-order valence-electron chi connectivity index (χ3n) is 4.63. The molecule has 0 spiro atoms.